The predicted octanol–water partition coefficient (Wildman–Crippen LogP) is 4.88. The third-order valence-corrected chi connectivity index (χ3v) is 7.10. The van der Waals surface area contributed by atoms with Gasteiger partial charge in [-0.2, -0.15) is 0 Å². The van der Waals surface area contributed by atoms with Gasteiger partial charge in [-0.15, -0.1) is 0 Å². The molecule has 39 heavy (non-hydrogen) atoms. The highest BCUT2D eigenvalue weighted by Crippen LogP contribution is 2.28. The average Bonchev–Trinajstić information content (AvgIpc) is 2.98. The third-order valence-electron chi connectivity index (χ3n) is 7.10. The minimum Gasteiger partial charge on any atom is -0.489 e. The van der Waals surface area contributed by atoms with E-state index < -0.39 is 5.60 Å². The number of hydrogen-bond acceptors (Lipinski definition) is 5. The summed E-state index contributed by atoms with van der Waals surface area (Å²) in [6, 6.07) is 35.6. The first-order valence-corrected chi connectivity index (χ1v) is 13.5. The van der Waals surface area contributed by atoms with Crippen LogP contribution in [0, 0.1) is 0 Å². The molecule has 1 amide bonds. The van der Waals surface area contributed by atoms with Gasteiger partial charge in [0.1, 0.15) is 18.0 Å². The lowest BCUT2D eigenvalue weighted by atomic mass is 9.87. The lowest BCUT2D eigenvalue weighted by Gasteiger charge is -2.32. The fourth-order valence-electron chi connectivity index (χ4n) is 4.98. The number of anilines is 1. The lowest BCUT2D eigenvalue weighted by Crippen LogP contribution is -2.45. The van der Waals surface area contributed by atoms with Gasteiger partial charge >= 0.3 is 0 Å². The number of rotatable bonds is 12. The van der Waals surface area contributed by atoms with E-state index >= 15 is 0 Å². The highest BCUT2D eigenvalue weighted by Gasteiger charge is 2.29. The van der Waals surface area contributed by atoms with Gasteiger partial charge in [0.05, 0.1) is 17.9 Å². The van der Waals surface area contributed by atoms with Crippen LogP contribution in [0.2, 0.25) is 0 Å². The summed E-state index contributed by atoms with van der Waals surface area (Å²) in [6.45, 7) is 2.96. The van der Waals surface area contributed by atoms with Crippen LogP contribution in [0.1, 0.15) is 33.5 Å². The van der Waals surface area contributed by atoms with Crippen molar-refractivity contribution >= 4 is 11.6 Å². The maximum absolute atomic E-state index is 12.1. The molecule has 1 heterocycles. The van der Waals surface area contributed by atoms with Gasteiger partial charge in [-0.25, -0.2) is 0 Å². The zero-order valence-electron chi connectivity index (χ0n) is 22.1. The normalized spacial score (nSPS) is 14.3. The van der Waals surface area contributed by atoms with E-state index in [0.29, 0.717) is 31.8 Å². The summed E-state index contributed by atoms with van der Waals surface area (Å²) in [4.78, 5) is 14.3. The molecule has 6 nitrogen and oxygen atoms in total. The summed E-state index contributed by atoms with van der Waals surface area (Å²) >= 11 is 0. The highest BCUT2D eigenvalue weighted by atomic mass is 16.5. The second kappa shape index (κ2) is 12.6. The number of hydrogen-bond donors (Lipinski definition) is 3. The Balaban J connectivity index is 1.20. The number of aliphatic hydroxyl groups is 1. The first-order chi connectivity index (χ1) is 19.1. The standard InChI is InChI=1S/C33H35N3O3/c37-32-30-14-7-8-15-31(30)36(25-35-32)21-9-20-34-24-33(38,22-26-10-3-1-4-11-26)28-16-18-29(19-17-28)39-23-27-12-5-2-6-13-27/h1-8,10-19,34,38H,9,20-25H2,(H,35,37). The molecule has 0 fully saturated rings. The molecule has 0 saturated carbocycles. The molecule has 1 atom stereocenters. The molecule has 0 aromatic heterocycles. The molecule has 0 aliphatic carbocycles. The van der Waals surface area contributed by atoms with Crippen LogP contribution in [0.4, 0.5) is 5.69 Å². The summed E-state index contributed by atoms with van der Waals surface area (Å²) < 4.78 is 5.95. The van der Waals surface area contributed by atoms with Crippen LogP contribution >= 0.6 is 0 Å². The summed E-state index contributed by atoms with van der Waals surface area (Å²) in [7, 11) is 0. The van der Waals surface area contributed by atoms with Gasteiger partial charge in [-0.1, -0.05) is 84.9 Å². The SMILES string of the molecule is O=C1NCN(CCCNCC(O)(Cc2ccccc2)c2ccc(OCc3ccccc3)cc2)c2ccccc21. The molecule has 0 bridgehead atoms. The monoisotopic (exact) mass is 521 g/mol. The number of carbonyl (C=O) groups is 1. The maximum Gasteiger partial charge on any atom is 0.254 e. The van der Waals surface area contributed by atoms with Crippen molar-refractivity contribution in [3.05, 3.63) is 131 Å². The largest absolute Gasteiger partial charge is 0.489 e. The van der Waals surface area contributed by atoms with E-state index in [9.17, 15) is 9.90 Å². The van der Waals surface area contributed by atoms with Crippen molar-refractivity contribution in [2.75, 3.05) is 31.2 Å². The van der Waals surface area contributed by atoms with E-state index in [4.69, 9.17) is 4.74 Å². The van der Waals surface area contributed by atoms with Crippen LogP contribution in [0.25, 0.3) is 0 Å². The first kappa shape index (κ1) is 26.5. The quantitative estimate of drug-likeness (QED) is 0.232. The molecule has 4 aromatic carbocycles. The Bertz CT molecular complexity index is 1350. The van der Waals surface area contributed by atoms with Crippen LogP contribution < -0.4 is 20.3 Å². The molecule has 0 radical (unpaired) electrons. The van der Waals surface area contributed by atoms with E-state index in [1.807, 2.05) is 109 Å². The lowest BCUT2D eigenvalue weighted by molar-refractivity contribution is 0.0370. The zero-order chi connectivity index (χ0) is 26.9. The molecule has 3 N–H and O–H groups in total. The molecule has 0 spiro atoms. The number of nitrogens with zero attached hydrogens (tertiary/aromatic N) is 1. The van der Waals surface area contributed by atoms with Crippen LogP contribution in [0.15, 0.2) is 109 Å². The molecule has 200 valence electrons. The van der Waals surface area contributed by atoms with Crippen molar-refractivity contribution in [2.24, 2.45) is 0 Å². The number of amides is 1. The Morgan fingerprint density at radius 2 is 1.51 bits per heavy atom. The molecular formula is C33H35N3O3. The van der Waals surface area contributed by atoms with Gasteiger partial charge in [0, 0.05) is 19.5 Å². The number of ether oxygens (including phenoxy) is 1. The Morgan fingerprint density at radius 1 is 0.846 bits per heavy atom. The maximum atomic E-state index is 12.1. The topological polar surface area (TPSA) is 73.8 Å². The summed E-state index contributed by atoms with van der Waals surface area (Å²) in [5.74, 6) is 0.744. The molecule has 1 unspecified atom stereocenters. The van der Waals surface area contributed by atoms with Crippen LogP contribution in [-0.4, -0.2) is 37.3 Å². The number of para-hydroxylation sites is 1. The smallest absolute Gasteiger partial charge is 0.254 e. The van der Waals surface area contributed by atoms with Crippen molar-refractivity contribution < 1.29 is 14.6 Å². The second-order valence-electron chi connectivity index (χ2n) is 9.97. The van der Waals surface area contributed by atoms with Gasteiger partial charge in [-0.3, -0.25) is 4.79 Å². The van der Waals surface area contributed by atoms with Gasteiger partial charge in [0.15, 0.2) is 0 Å². The highest BCUT2D eigenvalue weighted by molar-refractivity contribution is 6.01. The summed E-state index contributed by atoms with van der Waals surface area (Å²) in [6.07, 6.45) is 1.37. The Morgan fingerprint density at radius 3 is 2.26 bits per heavy atom. The first-order valence-electron chi connectivity index (χ1n) is 13.5. The summed E-state index contributed by atoms with van der Waals surface area (Å²) in [5.41, 5.74) is 3.64. The van der Waals surface area contributed by atoms with Crippen molar-refractivity contribution in [1.82, 2.24) is 10.6 Å². The van der Waals surface area contributed by atoms with Gasteiger partial charge in [-0.05, 0) is 53.9 Å². The Hall–Kier alpha value is -4.13. The molecule has 1 aliphatic heterocycles. The van der Waals surface area contributed by atoms with Gasteiger partial charge < -0.3 is 25.4 Å². The molecule has 4 aromatic rings. The second-order valence-corrected chi connectivity index (χ2v) is 9.97. The fourth-order valence-corrected chi connectivity index (χ4v) is 4.98. The zero-order valence-corrected chi connectivity index (χ0v) is 22.1. The molecule has 1 aliphatic rings. The molecule has 6 heteroatoms. The van der Waals surface area contributed by atoms with E-state index in [0.717, 1.165) is 47.6 Å². The van der Waals surface area contributed by atoms with Crippen molar-refractivity contribution in [3.8, 4) is 5.75 Å². The number of carbonyl (C=O) groups excluding carboxylic acids is 1. The van der Waals surface area contributed by atoms with Crippen molar-refractivity contribution in [1.29, 1.82) is 0 Å². The molecular weight excluding hydrogens is 486 g/mol. The Kier molecular flexibility index (Phi) is 8.56. The number of benzene rings is 4. The number of nitrogens with one attached hydrogen (secondary N) is 2. The summed E-state index contributed by atoms with van der Waals surface area (Å²) in [5, 5.41) is 18.3. The molecule has 5 rings (SSSR count). The third kappa shape index (κ3) is 6.85. The minimum absolute atomic E-state index is 0.0255. The van der Waals surface area contributed by atoms with Crippen LogP contribution in [0.5, 0.6) is 5.75 Å². The fraction of sp³-hybridized carbons (Fsp3) is 0.242. The van der Waals surface area contributed by atoms with E-state index in [-0.39, 0.29) is 5.91 Å². The Labute approximate surface area is 230 Å². The predicted molar refractivity (Wildman–Crippen MR) is 155 cm³/mol. The average molecular weight is 522 g/mol. The molecule has 0 saturated heterocycles. The van der Waals surface area contributed by atoms with Crippen LogP contribution in [0.3, 0.4) is 0 Å². The van der Waals surface area contributed by atoms with E-state index in [1.165, 1.54) is 0 Å². The van der Waals surface area contributed by atoms with E-state index in [1.54, 1.807) is 0 Å². The number of fused-ring (bicyclic) bond motifs is 1. The minimum atomic E-state index is -1.08. The van der Waals surface area contributed by atoms with Gasteiger partial charge in [0.25, 0.3) is 5.91 Å². The van der Waals surface area contributed by atoms with Crippen LogP contribution in [-0.2, 0) is 18.6 Å². The van der Waals surface area contributed by atoms with Crippen molar-refractivity contribution in [3.63, 3.8) is 0 Å². The van der Waals surface area contributed by atoms with E-state index in [2.05, 4.69) is 15.5 Å². The van der Waals surface area contributed by atoms with Crippen molar-refractivity contribution in [2.45, 2.75) is 25.0 Å². The van der Waals surface area contributed by atoms with Gasteiger partial charge in [0.2, 0.25) is 0 Å².